The van der Waals surface area contributed by atoms with Gasteiger partial charge in [0.15, 0.2) is 0 Å². The van der Waals surface area contributed by atoms with Crippen molar-refractivity contribution in [2.45, 2.75) is 33.1 Å². The molecular weight excluding hydrogens is 202 g/mol. The van der Waals surface area contributed by atoms with Crippen LogP contribution in [0, 0.1) is 11.3 Å². The molecule has 92 valence electrons. The van der Waals surface area contributed by atoms with E-state index in [0.717, 1.165) is 45.7 Å². The highest BCUT2D eigenvalue weighted by atomic mass is 16.5. The Morgan fingerprint density at radius 2 is 1.94 bits per heavy atom. The van der Waals surface area contributed by atoms with Crippen LogP contribution in [0.2, 0.25) is 0 Å². The van der Waals surface area contributed by atoms with Gasteiger partial charge < -0.3 is 4.74 Å². The van der Waals surface area contributed by atoms with E-state index in [1.165, 1.54) is 6.42 Å². The average Bonchev–Trinajstić information content (AvgIpc) is 2.24. The summed E-state index contributed by atoms with van der Waals surface area (Å²) in [6, 6.07) is 0. The number of rotatable bonds is 4. The molecule has 1 saturated carbocycles. The Morgan fingerprint density at radius 1 is 1.31 bits per heavy atom. The van der Waals surface area contributed by atoms with Crippen LogP contribution in [0.5, 0.6) is 0 Å². The minimum absolute atomic E-state index is 0.00843. The molecule has 0 unspecified atom stereocenters. The smallest absolute Gasteiger partial charge is 0.142 e. The van der Waals surface area contributed by atoms with Crippen molar-refractivity contribution in [1.29, 1.82) is 0 Å². The Bertz CT molecular complexity index is 253. The Kier molecular flexibility index (Phi) is 3.65. The monoisotopic (exact) mass is 225 g/mol. The quantitative estimate of drug-likeness (QED) is 0.729. The van der Waals surface area contributed by atoms with Crippen molar-refractivity contribution in [3.05, 3.63) is 0 Å². The molecule has 1 saturated heterocycles. The third-order valence-electron chi connectivity index (χ3n) is 3.99. The van der Waals surface area contributed by atoms with Gasteiger partial charge in [0.2, 0.25) is 0 Å². The summed E-state index contributed by atoms with van der Waals surface area (Å²) in [6.07, 6.45) is 3.42. The minimum Gasteiger partial charge on any atom is -0.379 e. The maximum atomic E-state index is 12.3. The van der Waals surface area contributed by atoms with Crippen molar-refractivity contribution < 1.29 is 9.53 Å². The molecule has 0 radical (unpaired) electrons. The molecule has 2 rings (SSSR count). The van der Waals surface area contributed by atoms with Gasteiger partial charge in [-0.15, -0.1) is 0 Å². The van der Waals surface area contributed by atoms with E-state index in [1.807, 2.05) is 13.8 Å². The van der Waals surface area contributed by atoms with E-state index in [9.17, 15) is 4.79 Å². The summed E-state index contributed by atoms with van der Waals surface area (Å²) in [4.78, 5) is 14.7. The molecule has 0 amide bonds. The highest BCUT2D eigenvalue weighted by molar-refractivity contribution is 5.87. The normalized spacial score (nSPS) is 25.4. The van der Waals surface area contributed by atoms with Gasteiger partial charge in [-0.3, -0.25) is 9.69 Å². The number of ketones is 1. The lowest BCUT2D eigenvalue weighted by Crippen LogP contribution is -2.51. The van der Waals surface area contributed by atoms with Crippen molar-refractivity contribution in [2.24, 2.45) is 11.3 Å². The number of carbonyl (C=O) groups is 1. The average molecular weight is 225 g/mol. The van der Waals surface area contributed by atoms with Crippen LogP contribution in [0.15, 0.2) is 0 Å². The van der Waals surface area contributed by atoms with E-state index in [-0.39, 0.29) is 11.3 Å². The van der Waals surface area contributed by atoms with Crippen molar-refractivity contribution in [3.8, 4) is 0 Å². The lowest BCUT2D eigenvalue weighted by atomic mass is 9.63. The number of ether oxygens (including phenoxy) is 1. The van der Waals surface area contributed by atoms with Crippen LogP contribution >= 0.6 is 0 Å². The van der Waals surface area contributed by atoms with Crippen LogP contribution in [-0.4, -0.2) is 43.5 Å². The van der Waals surface area contributed by atoms with Crippen LogP contribution in [0.3, 0.4) is 0 Å². The highest BCUT2D eigenvalue weighted by Gasteiger charge is 2.45. The third-order valence-corrected chi connectivity index (χ3v) is 3.99. The molecule has 1 aliphatic heterocycles. The Balaban J connectivity index is 1.96. The van der Waals surface area contributed by atoms with Crippen LogP contribution in [0.25, 0.3) is 0 Å². The van der Waals surface area contributed by atoms with Gasteiger partial charge in [-0.1, -0.05) is 20.3 Å². The first-order valence-corrected chi connectivity index (χ1v) is 6.48. The lowest BCUT2D eigenvalue weighted by molar-refractivity contribution is -0.139. The fourth-order valence-corrected chi connectivity index (χ4v) is 2.89. The lowest BCUT2D eigenvalue weighted by Gasteiger charge is -2.45. The van der Waals surface area contributed by atoms with Crippen molar-refractivity contribution in [2.75, 3.05) is 32.8 Å². The summed E-state index contributed by atoms with van der Waals surface area (Å²) in [5, 5.41) is 0. The Labute approximate surface area is 98.1 Å². The van der Waals surface area contributed by atoms with Crippen LogP contribution < -0.4 is 0 Å². The summed E-state index contributed by atoms with van der Waals surface area (Å²) in [7, 11) is 0. The number of hydrogen-bond donors (Lipinski definition) is 0. The molecule has 3 nitrogen and oxygen atoms in total. The number of nitrogens with zero attached hydrogens (tertiary/aromatic N) is 1. The zero-order valence-corrected chi connectivity index (χ0v) is 10.5. The largest absolute Gasteiger partial charge is 0.379 e. The number of morpholine rings is 1. The van der Waals surface area contributed by atoms with Gasteiger partial charge in [0, 0.05) is 31.0 Å². The molecule has 0 aromatic heterocycles. The van der Waals surface area contributed by atoms with Gasteiger partial charge in [-0.25, -0.2) is 0 Å². The summed E-state index contributed by atoms with van der Waals surface area (Å²) in [5.74, 6) is 0.659. The SMILES string of the molecule is CC(C)C(=O)C1(CN2CCOCC2)CCC1. The second kappa shape index (κ2) is 4.84. The highest BCUT2D eigenvalue weighted by Crippen LogP contribution is 2.44. The molecule has 1 aliphatic carbocycles. The van der Waals surface area contributed by atoms with Gasteiger partial charge >= 0.3 is 0 Å². The molecule has 0 spiro atoms. The second-order valence-corrected chi connectivity index (χ2v) is 5.54. The van der Waals surface area contributed by atoms with Gasteiger partial charge in [-0.2, -0.15) is 0 Å². The third kappa shape index (κ3) is 2.30. The Hall–Kier alpha value is -0.410. The topological polar surface area (TPSA) is 29.5 Å². The van der Waals surface area contributed by atoms with Crippen molar-refractivity contribution in [1.82, 2.24) is 4.90 Å². The van der Waals surface area contributed by atoms with E-state index < -0.39 is 0 Å². The van der Waals surface area contributed by atoms with Gasteiger partial charge in [-0.05, 0) is 12.8 Å². The first kappa shape index (κ1) is 12.1. The maximum Gasteiger partial charge on any atom is 0.142 e. The van der Waals surface area contributed by atoms with E-state index in [4.69, 9.17) is 4.74 Å². The Morgan fingerprint density at radius 3 is 2.38 bits per heavy atom. The summed E-state index contributed by atoms with van der Waals surface area (Å²) in [6.45, 7) is 8.66. The van der Waals surface area contributed by atoms with Crippen molar-refractivity contribution in [3.63, 3.8) is 0 Å². The standard InChI is InChI=1S/C13H23NO2/c1-11(2)12(15)13(4-3-5-13)10-14-6-8-16-9-7-14/h11H,3-10H2,1-2H3. The van der Waals surface area contributed by atoms with Gasteiger partial charge in [0.25, 0.3) is 0 Å². The molecule has 0 aromatic carbocycles. The maximum absolute atomic E-state index is 12.3. The predicted octanol–water partition coefficient (Wildman–Crippen LogP) is 1.71. The van der Waals surface area contributed by atoms with Crippen LogP contribution in [-0.2, 0) is 9.53 Å². The number of hydrogen-bond acceptors (Lipinski definition) is 3. The molecule has 1 heterocycles. The molecule has 0 aromatic rings. The fourth-order valence-electron chi connectivity index (χ4n) is 2.89. The molecular formula is C13H23NO2. The van der Waals surface area contributed by atoms with Gasteiger partial charge in [0.05, 0.1) is 13.2 Å². The predicted molar refractivity (Wildman–Crippen MR) is 63.4 cm³/mol. The zero-order chi connectivity index (χ0) is 11.6. The second-order valence-electron chi connectivity index (χ2n) is 5.54. The van der Waals surface area contributed by atoms with Crippen LogP contribution in [0.1, 0.15) is 33.1 Å². The van der Waals surface area contributed by atoms with E-state index >= 15 is 0 Å². The first-order chi connectivity index (χ1) is 7.64. The molecule has 0 atom stereocenters. The number of carbonyl (C=O) groups excluding carboxylic acids is 1. The summed E-state index contributed by atoms with van der Waals surface area (Å²) < 4.78 is 5.35. The molecule has 0 bridgehead atoms. The molecule has 2 fully saturated rings. The summed E-state index contributed by atoms with van der Waals surface area (Å²) in [5.41, 5.74) is -0.00843. The van der Waals surface area contributed by atoms with Crippen molar-refractivity contribution >= 4 is 5.78 Å². The minimum atomic E-state index is -0.00843. The van der Waals surface area contributed by atoms with Gasteiger partial charge in [0.1, 0.15) is 5.78 Å². The van der Waals surface area contributed by atoms with E-state index in [0.29, 0.717) is 5.78 Å². The molecule has 2 aliphatic rings. The summed E-state index contributed by atoms with van der Waals surface area (Å²) >= 11 is 0. The molecule has 0 N–H and O–H groups in total. The molecule has 3 heteroatoms. The first-order valence-electron chi connectivity index (χ1n) is 6.48. The fraction of sp³-hybridized carbons (Fsp3) is 0.923. The van der Waals surface area contributed by atoms with E-state index in [2.05, 4.69) is 4.90 Å². The zero-order valence-electron chi connectivity index (χ0n) is 10.5. The van der Waals surface area contributed by atoms with Crippen LogP contribution in [0.4, 0.5) is 0 Å². The van der Waals surface area contributed by atoms with E-state index in [1.54, 1.807) is 0 Å². The number of Topliss-reactive ketones (excluding diaryl/α,β-unsaturated/α-hetero) is 1. The molecule has 16 heavy (non-hydrogen) atoms.